The number of carbonyl (C=O) groups is 1. The van der Waals surface area contributed by atoms with Gasteiger partial charge in [-0.05, 0) is 30.3 Å². The van der Waals surface area contributed by atoms with Crippen molar-refractivity contribution in [2.45, 2.75) is 11.1 Å². The van der Waals surface area contributed by atoms with E-state index in [2.05, 4.69) is 17.2 Å². The zero-order valence-corrected chi connectivity index (χ0v) is 17.7. The second-order valence-corrected chi connectivity index (χ2v) is 8.77. The summed E-state index contributed by atoms with van der Waals surface area (Å²) in [6.07, 6.45) is -4.47. The first kappa shape index (κ1) is 23.4. The van der Waals surface area contributed by atoms with Crippen LogP contribution in [-0.2, 0) is 21.0 Å². The Labute approximate surface area is 183 Å². The van der Waals surface area contributed by atoms with Gasteiger partial charge < -0.3 is 14.8 Å². The minimum absolute atomic E-state index is 0.0543. The number of ether oxygens (including phenoxy) is 2. The molecule has 32 heavy (non-hydrogen) atoms. The molecule has 1 N–H and O–H groups in total. The third kappa shape index (κ3) is 5.72. The van der Waals surface area contributed by atoms with Crippen LogP contribution in [0.15, 0.2) is 47.4 Å². The van der Waals surface area contributed by atoms with Crippen molar-refractivity contribution in [3.05, 3.63) is 53.6 Å². The topological polar surface area (TPSA) is 84.9 Å². The zero-order chi connectivity index (χ0) is 23.4. The van der Waals surface area contributed by atoms with Crippen LogP contribution in [0.3, 0.4) is 0 Å². The van der Waals surface area contributed by atoms with E-state index in [1.807, 2.05) is 0 Å². The van der Waals surface area contributed by atoms with E-state index in [-0.39, 0.29) is 17.0 Å². The fourth-order valence-corrected chi connectivity index (χ4v) is 3.91. The number of amides is 1. The molecule has 0 saturated heterocycles. The SMILES string of the molecule is CN(CC(=O)NCC#Cc1cccc(C(F)(F)F)c1)S(=O)(=O)c1ccc2c(c1)OCCO2. The van der Waals surface area contributed by atoms with Gasteiger partial charge in [0.2, 0.25) is 15.9 Å². The van der Waals surface area contributed by atoms with Crippen LogP contribution in [0.2, 0.25) is 0 Å². The summed E-state index contributed by atoms with van der Waals surface area (Å²) in [5, 5.41) is 2.42. The number of fused-ring (bicyclic) bond motifs is 1. The molecule has 2 aromatic carbocycles. The van der Waals surface area contributed by atoms with Gasteiger partial charge in [0.05, 0.1) is 23.5 Å². The molecule has 170 valence electrons. The van der Waals surface area contributed by atoms with Gasteiger partial charge in [0.1, 0.15) is 13.2 Å². The van der Waals surface area contributed by atoms with Crippen LogP contribution in [0, 0.1) is 11.8 Å². The lowest BCUT2D eigenvalue weighted by Gasteiger charge is -2.21. The number of alkyl halides is 3. The number of halogens is 3. The summed E-state index contributed by atoms with van der Waals surface area (Å²) >= 11 is 0. The average Bonchev–Trinajstić information content (AvgIpc) is 2.76. The van der Waals surface area contributed by atoms with E-state index < -0.39 is 34.2 Å². The van der Waals surface area contributed by atoms with Gasteiger partial charge in [-0.3, -0.25) is 4.79 Å². The van der Waals surface area contributed by atoms with E-state index in [0.29, 0.717) is 24.7 Å². The van der Waals surface area contributed by atoms with Crippen molar-refractivity contribution in [2.75, 3.05) is 33.4 Å². The largest absolute Gasteiger partial charge is 0.486 e. The van der Waals surface area contributed by atoms with E-state index in [1.54, 1.807) is 0 Å². The second-order valence-electron chi connectivity index (χ2n) is 6.72. The van der Waals surface area contributed by atoms with Crippen molar-refractivity contribution < 1.29 is 35.9 Å². The van der Waals surface area contributed by atoms with Gasteiger partial charge in [0.25, 0.3) is 0 Å². The van der Waals surface area contributed by atoms with Gasteiger partial charge in [0, 0.05) is 18.7 Å². The Hall–Kier alpha value is -3.23. The highest BCUT2D eigenvalue weighted by Crippen LogP contribution is 2.33. The van der Waals surface area contributed by atoms with Crippen molar-refractivity contribution in [1.29, 1.82) is 0 Å². The van der Waals surface area contributed by atoms with Crippen LogP contribution in [0.4, 0.5) is 13.2 Å². The fraction of sp³-hybridized carbons (Fsp3) is 0.286. The Balaban J connectivity index is 1.57. The number of rotatable bonds is 5. The Bertz CT molecular complexity index is 1170. The van der Waals surface area contributed by atoms with Crippen LogP contribution >= 0.6 is 0 Å². The number of nitrogens with one attached hydrogen (secondary N) is 1. The molecule has 1 amide bonds. The Kier molecular flexibility index (Phi) is 6.96. The van der Waals surface area contributed by atoms with Crippen molar-refractivity contribution >= 4 is 15.9 Å². The molecule has 0 unspecified atom stereocenters. The molecule has 0 spiro atoms. The zero-order valence-electron chi connectivity index (χ0n) is 16.9. The van der Waals surface area contributed by atoms with Gasteiger partial charge in [-0.1, -0.05) is 17.9 Å². The predicted octanol–water partition coefficient (Wildman–Crippen LogP) is 2.26. The fourth-order valence-electron chi connectivity index (χ4n) is 2.77. The maximum atomic E-state index is 12.7. The maximum Gasteiger partial charge on any atom is 0.416 e. The van der Waals surface area contributed by atoms with E-state index in [1.165, 1.54) is 37.4 Å². The average molecular weight is 468 g/mol. The number of sulfonamides is 1. The standard InChI is InChI=1S/C21H19F3N2O5S/c1-26(32(28,29)17-7-8-18-19(13-17)31-11-10-30-18)14-20(27)25-9-3-5-15-4-2-6-16(12-15)21(22,23)24/h2,4,6-8,12-13H,9-11,14H2,1H3,(H,25,27). The molecular weight excluding hydrogens is 449 g/mol. The predicted molar refractivity (Wildman–Crippen MR) is 109 cm³/mol. The lowest BCUT2D eigenvalue weighted by molar-refractivity contribution is -0.137. The van der Waals surface area contributed by atoms with Gasteiger partial charge in [0.15, 0.2) is 11.5 Å². The number of hydrogen-bond acceptors (Lipinski definition) is 5. The highest BCUT2D eigenvalue weighted by atomic mass is 32.2. The first-order valence-electron chi connectivity index (χ1n) is 9.36. The lowest BCUT2D eigenvalue weighted by Crippen LogP contribution is -2.38. The van der Waals surface area contributed by atoms with Crippen molar-refractivity contribution in [2.24, 2.45) is 0 Å². The molecule has 7 nitrogen and oxygen atoms in total. The molecular formula is C21H19F3N2O5S. The van der Waals surface area contributed by atoms with Crippen molar-refractivity contribution in [1.82, 2.24) is 9.62 Å². The minimum Gasteiger partial charge on any atom is -0.486 e. The Morgan fingerprint density at radius 1 is 1.12 bits per heavy atom. The summed E-state index contributed by atoms with van der Waals surface area (Å²) in [5.74, 6) is 5.20. The molecule has 3 rings (SSSR count). The van der Waals surface area contributed by atoms with Crippen molar-refractivity contribution in [3.63, 3.8) is 0 Å². The van der Waals surface area contributed by atoms with Crippen LogP contribution in [-0.4, -0.2) is 52.0 Å². The van der Waals surface area contributed by atoms with Crippen LogP contribution in [0.5, 0.6) is 11.5 Å². The molecule has 0 atom stereocenters. The molecule has 0 aliphatic carbocycles. The monoisotopic (exact) mass is 468 g/mol. The molecule has 1 aliphatic heterocycles. The minimum atomic E-state index is -4.47. The molecule has 0 bridgehead atoms. The highest BCUT2D eigenvalue weighted by Gasteiger charge is 2.30. The van der Waals surface area contributed by atoms with Crippen molar-refractivity contribution in [3.8, 4) is 23.3 Å². The van der Waals surface area contributed by atoms with Crippen LogP contribution < -0.4 is 14.8 Å². The Morgan fingerprint density at radius 2 is 1.84 bits per heavy atom. The molecule has 0 radical (unpaired) electrons. The highest BCUT2D eigenvalue weighted by molar-refractivity contribution is 7.89. The molecule has 1 heterocycles. The number of benzene rings is 2. The normalized spacial score (nSPS) is 13.3. The molecule has 11 heteroatoms. The van der Waals surface area contributed by atoms with Gasteiger partial charge in [-0.15, -0.1) is 0 Å². The summed E-state index contributed by atoms with van der Waals surface area (Å²) in [6.45, 7) is 0.0428. The number of likely N-dealkylation sites (N-methyl/N-ethyl adjacent to an activating group) is 1. The van der Waals surface area contributed by atoms with E-state index in [4.69, 9.17) is 9.47 Å². The summed E-state index contributed by atoms with van der Waals surface area (Å²) in [4.78, 5) is 12.0. The third-order valence-electron chi connectivity index (χ3n) is 4.38. The van der Waals surface area contributed by atoms with E-state index >= 15 is 0 Å². The van der Waals surface area contributed by atoms with E-state index in [0.717, 1.165) is 16.4 Å². The first-order chi connectivity index (χ1) is 15.1. The number of hydrogen-bond donors (Lipinski definition) is 1. The molecule has 0 aromatic heterocycles. The van der Waals surface area contributed by atoms with Crippen LogP contribution in [0.25, 0.3) is 0 Å². The number of carbonyl (C=O) groups excluding carboxylic acids is 1. The quantitative estimate of drug-likeness (QED) is 0.681. The summed E-state index contributed by atoms with van der Waals surface area (Å²) < 4.78 is 75.2. The summed E-state index contributed by atoms with van der Waals surface area (Å²) in [5.41, 5.74) is -0.674. The summed E-state index contributed by atoms with van der Waals surface area (Å²) in [6, 6.07) is 8.67. The molecule has 0 saturated carbocycles. The second kappa shape index (κ2) is 9.50. The molecule has 0 fully saturated rings. The van der Waals surface area contributed by atoms with Gasteiger partial charge in [-0.2, -0.15) is 17.5 Å². The molecule has 1 aliphatic rings. The first-order valence-corrected chi connectivity index (χ1v) is 10.8. The van der Waals surface area contributed by atoms with Crippen LogP contribution in [0.1, 0.15) is 11.1 Å². The van der Waals surface area contributed by atoms with Gasteiger partial charge >= 0.3 is 6.18 Å². The maximum absolute atomic E-state index is 12.7. The smallest absolute Gasteiger partial charge is 0.416 e. The molecule has 2 aromatic rings. The Morgan fingerprint density at radius 3 is 2.56 bits per heavy atom. The summed E-state index contributed by atoms with van der Waals surface area (Å²) in [7, 11) is -2.72. The number of nitrogens with zero attached hydrogens (tertiary/aromatic N) is 1. The van der Waals surface area contributed by atoms with Gasteiger partial charge in [-0.25, -0.2) is 8.42 Å². The van der Waals surface area contributed by atoms with E-state index in [9.17, 15) is 26.4 Å². The third-order valence-corrected chi connectivity index (χ3v) is 6.18. The lowest BCUT2D eigenvalue weighted by atomic mass is 10.1.